The smallest absolute Gasteiger partial charge is 0.126 e. The number of hydrogen-bond donors (Lipinski definition) is 1. The lowest BCUT2D eigenvalue weighted by molar-refractivity contribution is 0.305. The van der Waals surface area contributed by atoms with E-state index in [-0.39, 0.29) is 5.82 Å². The number of nitrogens with two attached hydrogens (primary N) is 1. The van der Waals surface area contributed by atoms with Crippen LogP contribution in [0.3, 0.4) is 0 Å². The molecule has 0 spiro atoms. The highest BCUT2D eigenvalue weighted by Crippen LogP contribution is 2.26. The molecule has 1 heterocycles. The molecule has 0 atom stereocenters. The van der Waals surface area contributed by atoms with Crippen molar-refractivity contribution in [3.8, 4) is 5.75 Å². The minimum absolute atomic E-state index is 0.293. The van der Waals surface area contributed by atoms with Crippen LogP contribution in [-0.4, -0.2) is 4.57 Å². The summed E-state index contributed by atoms with van der Waals surface area (Å²) in [6.45, 7) is 3.88. The molecule has 0 unspecified atom stereocenters. The van der Waals surface area contributed by atoms with E-state index in [4.69, 9.17) is 10.5 Å². The van der Waals surface area contributed by atoms with Gasteiger partial charge in [0.2, 0.25) is 0 Å². The molecule has 1 aromatic heterocycles. The van der Waals surface area contributed by atoms with Crippen molar-refractivity contribution in [2.24, 2.45) is 5.73 Å². The maximum absolute atomic E-state index is 13.2. The van der Waals surface area contributed by atoms with Crippen molar-refractivity contribution in [3.05, 3.63) is 65.6 Å². The Hall–Kier alpha value is -2.33. The van der Waals surface area contributed by atoms with Gasteiger partial charge in [-0.1, -0.05) is 24.3 Å². The van der Waals surface area contributed by atoms with Crippen LogP contribution >= 0.6 is 0 Å². The highest BCUT2D eigenvalue weighted by molar-refractivity contribution is 5.86. The molecule has 2 aromatic carbocycles. The maximum Gasteiger partial charge on any atom is 0.126 e. The molecule has 0 aliphatic rings. The zero-order valence-electron chi connectivity index (χ0n) is 12.6. The Balaban J connectivity index is 1.94. The average molecular weight is 298 g/mol. The number of hydrogen-bond acceptors (Lipinski definition) is 2. The van der Waals surface area contributed by atoms with Gasteiger partial charge >= 0.3 is 0 Å². The van der Waals surface area contributed by atoms with E-state index in [1.807, 2.05) is 12.1 Å². The fourth-order valence-corrected chi connectivity index (χ4v) is 2.76. The Labute approximate surface area is 129 Å². The van der Waals surface area contributed by atoms with Gasteiger partial charge in [0, 0.05) is 36.3 Å². The molecule has 4 heteroatoms. The van der Waals surface area contributed by atoms with E-state index in [1.165, 1.54) is 12.1 Å². The first kappa shape index (κ1) is 14.6. The first-order chi connectivity index (χ1) is 10.7. The molecule has 3 rings (SSSR count). The minimum atomic E-state index is -0.293. The first-order valence-electron chi connectivity index (χ1n) is 7.41. The molecule has 0 radical (unpaired) electrons. The van der Waals surface area contributed by atoms with Crippen molar-refractivity contribution in [3.63, 3.8) is 0 Å². The van der Waals surface area contributed by atoms with Gasteiger partial charge in [-0.15, -0.1) is 0 Å². The van der Waals surface area contributed by atoms with Crippen LogP contribution in [0.15, 0.2) is 48.7 Å². The molecule has 0 saturated heterocycles. The summed E-state index contributed by atoms with van der Waals surface area (Å²) in [5, 5.41) is 1.14. The quantitative estimate of drug-likeness (QED) is 0.777. The number of ether oxygens (including phenoxy) is 1. The largest absolute Gasteiger partial charge is 0.489 e. The summed E-state index contributed by atoms with van der Waals surface area (Å²) in [4.78, 5) is 0. The van der Waals surface area contributed by atoms with Gasteiger partial charge in [0.15, 0.2) is 0 Å². The molecule has 0 aliphatic heterocycles. The third-order valence-corrected chi connectivity index (χ3v) is 3.82. The van der Waals surface area contributed by atoms with E-state index in [9.17, 15) is 4.39 Å². The van der Waals surface area contributed by atoms with Crippen LogP contribution in [0, 0.1) is 5.82 Å². The van der Waals surface area contributed by atoms with Crippen molar-refractivity contribution in [1.82, 2.24) is 4.57 Å². The van der Waals surface area contributed by atoms with Gasteiger partial charge < -0.3 is 15.0 Å². The summed E-state index contributed by atoms with van der Waals surface area (Å²) in [5.41, 5.74) is 9.20. The van der Waals surface area contributed by atoms with Crippen molar-refractivity contribution in [1.29, 1.82) is 0 Å². The molecule has 3 aromatic rings. The number of halogens is 1. The Kier molecular flexibility index (Phi) is 4.11. The number of para-hydroxylation sites is 1. The van der Waals surface area contributed by atoms with Gasteiger partial charge in [-0.25, -0.2) is 4.39 Å². The van der Waals surface area contributed by atoms with Crippen molar-refractivity contribution < 1.29 is 9.13 Å². The van der Waals surface area contributed by atoms with Crippen LogP contribution in [0.2, 0.25) is 0 Å². The van der Waals surface area contributed by atoms with Gasteiger partial charge in [-0.05, 0) is 24.6 Å². The SMILES string of the molecule is CCn1cc(COc2cccc(F)c2)c2cccc(CN)c21. The topological polar surface area (TPSA) is 40.2 Å². The fourth-order valence-electron chi connectivity index (χ4n) is 2.76. The zero-order valence-corrected chi connectivity index (χ0v) is 12.6. The molecule has 0 saturated carbocycles. The van der Waals surface area contributed by atoms with Crippen molar-refractivity contribution in [2.45, 2.75) is 26.6 Å². The minimum Gasteiger partial charge on any atom is -0.489 e. The Morgan fingerprint density at radius 1 is 1.14 bits per heavy atom. The number of fused-ring (bicyclic) bond motifs is 1. The van der Waals surface area contributed by atoms with Crippen molar-refractivity contribution >= 4 is 10.9 Å². The Morgan fingerprint density at radius 3 is 2.68 bits per heavy atom. The van der Waals surface area contributed by atoms with E-state index in [2.05, 4.69) is 23.8 Å². The maximum atomic E-state index is 13.2. The summed E-state index contributed by atoms with van der Waals surface area (Å²) in [5.74, 6) is 0.242. The average Bonchev–Trinajstić information content (AvgIpc) is 2.91. The third-order valence-electron chi connectivity index (χ3n) is 3.82. The van der Waals surface area contributed by atoms with Crippen LogP contribution in [0.4, 0.5) is 4.39 Å². The van der Waals surface area contributed by atoms with Gasteiger partial charge in [0.25, 0.3) is 0 Å². The molecule has 0 amide bonds. The van der Waals surface area contributed by atoms with Crippen LogP contribution in [0.1, 0.15) is 18.1 Å². The Bertz CT molecular complexity index is 795. The lowest BCUT2D eigenvalue weighted by atomic mass is 10.1. The van der Waals surface area contributed by atoms with Crippen LogP contribution in [0.25, 0.3) is 10.9 Å². The van der Waals surface area contributed by atoms with Crippen LogP contribution < -0.4 is 10.5 Å². The van der Waals surface area contributed by atoms with E-state index in [1.54, 1.807) is 12.1 Å². The molecular formula is C18H19FN2O. The highest BCUT2D eigenvalue weighted by Gasteiger charge is 2.11. The summed E-state index contributed by atoms with van der Waals surface area (Å²) >= 11 is 0. The van der Waals surface area contributed by atoms with Crippen LogP contribution in [0.5, 0.6) is 5.75 Å². The number of nitrogens with zero attached hydrogens (tertiary/aromatic N) is 1. The zero-order chi connectivity index (χ0) is 15.5. The lowest BCUT2D eigenvalue weighted by Crippen LogP contribution is -2.00. The fraction of sp³-hybridized carbons (Fsp3) is 0.222. The molecule has 0 bridgehead atoms. The van der Waals surface area contributed by atoms with Gasteiger partial charge in [-0.2, -0.15) is 0 Å². The number of aromatic nitrogens is 1. The van der Waals surface area contributed by atoms with E-state index < -0.39 is 0 Å². The van der Waals surface area contributed by atoms with E-state index >= 15 is 0 Å². The predicted octanol–water partition coefficient (Wildman–Crippen LogP) is 3.84. The van der Waals surface area contributed by atoms with Gasteiger partial charge in [-0.3, -0.25) is 0 Å². The summed E-state index contributed by atoms with van der Waals surface area (Å²) in [6, 6.07) is 12.3. The lowest BCUT2D eigenvalue weighted by Gasteiger charge is -2.06. The van der Waals surface area contributed by atoms with Gasteiger partial charge in [0.1, 0.15) is 18.2 Å². The first-order valence-corrected chi connectivity index (χ1v) is 7.41. The molecule has 0 aliphatic carbocycles. The van der Waals surface area contributed by atoms with Crippen LogP contribution in [-0.2, 0) is 19.7 Å². The number of rotatable bonds is 5. The molecule has 3 nitrogen and oxygen atoms in total. The molecule has 22 heavy (non-hydrogen) atoms. The summed E-state index contributed by atoms with van der Waals surface area (Å²) in [6.07, 6.45) is 2.09. The molecule has 0 fully saturated rings. The van der Waals surface area contributed by atoms with Crippen molar-refractivity contribution in [2.75, 3.05) is 0 Å². The Morgan fingerprint density at radius 2 is 1.95 bits per heavy atom. The second-order valence-electron chi connectivity index (χ2n) is 5.20. The number of aryl methyl sites for hydroxylation is 1. The number of benzene rings is 2. The predicted molar refractivity (Wildman–Crippen MR) is 86.2 cm³/mol. The summed E-state index contributed by atoms with van der Waals surface area (Å²) < 4.78 is 21.1. The monoisotopic (exact) mass is 298 g/mol. The molecule has 114 valence electrons. The highest BCUT2D eigenvalue weighted by atomic mass is 19.1. The standard InChI is InChI=1S/C18H19FN2O/c1-2-21-11-14(12-22-16-7-4-6-15(19)9-16)17-8-3-5-13(10-20)18(17)21/h3-9,11H,2,10,12,20H2,1H3. The molecular weight excluding hydrogens is 279 g/mol. The third kappa shape index (κ3) is 2.70. The van der Waals surface area contributed by atoms with E-state index in [0.717, 1.165) is 28.6 Å². The summed E-state index contributed by atoms with van der Waals surface area (Å²) in [7, 11) is 0. The molecule has 2 N–H and O–H groups in total. The van der Waals surface area contributed by atoms with Gasteiger partial charge in [0.05, 0.1) is 5.52 Å². The second-order valence-corrected chi connectivity index (χ2v) is 5.20. The normalized spacial score (nSPS) is 11.0. The van der Waals surface area contributed by atoms with E-state index in [0.29, 0.717) is 18.9 Å². The second kappa shape index (κ2) is 6.20.